The van der Waals surface area contributed by atoms with E-state index in [4.69, 9.17) is 16.0 Å². The van der Waals surface area contributed by atoms with Gasteiger partial charge in [-0.15, -0.1) is 0 Å². The Bertz CT molecular complexity index is 634. The molecule has 21 heavy (non-hydrogen) atoms. The third-order valence-electron chi connectivity index (χ3n) is 2.83. The van der Waals surface area contributed by atoms with E-state index >= 15 is 0 Å². The van der Waals surface area contributed by atoms with E-state index in [1.165, 1.54) is 36.2 Å². The van der Waals surface area contributed by atoms with Gasteiger partial charge in [0.05, 0.1) is 5.56 Å². The third-order valence-corrected chi connectivity index (χ3v) is 3.03. The van der Waals surface area contributed by atoms with Crippen molar-refractivity contribution < 1.29 is 22.4 Å². The molecule has 0 aliphatic rings. The lowest BCUT2D eigenvalue weighted by molar-refractivity contribution is -0.137. The number of hydrogen-bond acceptors (Lipinski definition) is 2. The molecule has 1 heterocycles. The minimum absolute atomic E-state index is 0.0782. The fourth-order valence-electron chi connectivity index (χ4n) is 1.76. The van der Waals surface area contributed by atoms with Gasteiger partial charge in [-0.3, -0.25) is 4.79 Å². The van der Waals surface area contributed by atoms with Gasteiger partial charge in [0.15, 0.2) is 11.0 Å². The summed E-state index contributed by atoms with van der Waals surface area (Å²) < 4.78 is 42.3. The maximum Gasteiger partial charge on any atom is 0.416 e. The van der Waals surface area contributed by atoms with E-state index < -0.39 is 17.6 Å². The monoisotopic (exact) mass is 317 g/mol. The van der Waals surface area contributed by atoms with Gasteiger partial charge in [0, 0.05) is 13.6 Å². The molecule has 7 heteroatoms. The molecular formula is C14H11ClF3NO2. The first kappa shape index (κ1) is 15.4. The number of nitrogens with zero attached hydrogens (tertiary/aromatic N) is 1. The molecule has 3 nitrogen and oxygen atoms in total. The summed E-state index contributed by atoms with van der Waals surface area (Å²) in [7, 11) is 1.52. The summed E-state index contributed by atoms with van der Waals surface area (Å²) in [4.78, 5) is 13.3. The first-order valence-corrected chi connectivity index (χ1v) is 6.32. The molecule has 0 aliphatic carbocycles. The summed E-state index contributed by atoms with van der Waals surface area (Å²) in [6.45, 7) is 0.162. The molecule has 0 saturated heterocycles. The number of amides is 1. The van der Waals surface area contributed by atoms with Crippen molar-refractivity contribution >= 4 is 17.5 Å². The van der Waals surface area contributed by atoms with E-state index in [9.17, 15) is 18.0 Å². The minimum atomic E-state index is -4.37. The number of hydrogen-bond donors (Lipinski definition) is 0. The molecule has 0 unspecified atom stereocenters. The van der Waals surface area contributed by atoms with E-state index in [1.54, 1.807) is 0 Å². The molecule has 112 valence electrons. The van der Waals surface area contributed by atoms with Crippen molar-refractivity contribution in [3.8, 4) is 0 Å². The second kappa shape index (κ2) is 5.81. The Balaban J connectivity index is 2.06. The summed E-state index contributed by atoms with van der Waals surface area (Å²) in [6.07, 6.45) is -4.37. The molecule has 0 N–H and O–H groups in total. The van der Waals surface area contributed by atoms with Gasteiger partial charge in [-0.1, -0.05) is 12.1 Å². The van der Waals surface area contributed by atoms with Gasteiger partial charge in [-0.05, 0) is 41.4 Å². The van der Waals surface area contributed by atoms with Crippen LogP contribution in [-0.2, 0) is 12.7 Å². The zero-order valence-corrected chi connectivity index (χ0v) is 11.7. The van der Waals surface area contributed by atoms with Crippen LogP contribution >= 0.6 is 11.6 Å². The average Bonchev–Trinajstić information content (AvgIpc) is 2.84. The van der Waals surface area contributed by atoms with Gasteiger partial charge < -0.3 is 9.32 Å². The molecule has 1 amide bonds. The molecule has 0 saturated carbocycles. The van der Waals surface area contributed by atoms with E-state index in [0.29, 0.717) is 5.56 Å². The van der Waals surface area contributed by atoms with Crippen LogP contribution in [-0.4, -0.2) is 17.9 Å². The average molecular weight is 318 g/mol. The lowest BCUT2D eigenvalue weighted by Gasteiger charge is -2.16. The van der Waals surface area contributed by atoms with Crippen LogP contribution in [0.15, 0.2) is 40.8 Å². The number of alkyl halides is 3. The zero-order valence-electron chi connectivity index (χ0n) is 10.9. The van der Waals surface area contributed by atoms with Gasteiger partial charge in [0.2, 0.25) is 0 Å². The smallest absolute Gasteiger partial charge is 0.416 e. The van der Waals surface area contributed by atoms with E-state index in [1.807, 2.05) is 0 Å². The van der Waals surface area contributed by atoms with Crippen LogP contribution < -0.4 is 0 Å². The van der Waals surface area contributed by atoms with Gasteiger partial charge in [-0.2, -0.15) is 13.2 Å². The Hall–Kier alpha value is -1.95. The molecule has 2 rings (SSSR count). The quantitative estimate of drug-likeness (QED) is 0.849. The fraction of sp³-hybridized carbons (Fsp3) is 0.214. The number of carbonyl (C=O) groups excluding carboxylic acids is 1. The first-order valence-electron chi connectivity index (χ1n) is 5.94. The predicted octanol–water partition coefficient (Wildman–Crippen LogP) is 4.22. The Morgan fingerprint density at radius 1 is 1.19 bits per heavy atom. The maximum atomic E-state index is 12.4. The van der Waals surface area contributed by atoms with Crippen LogP contribution in [0.3, 0.4) is 0 Å². The topological polar surface area (TPSA) is 33.5 Å². The van der Waals surface area contributed by atoms with E-state index in [2.05, 4.69) is 0 Å². The van der Waals surface area contributed by atoms with Crippen molar-refractivity contribution in [3.63, 3.8) is 0 Å². The predicted molar refractivity (Wildman–Crippen MR) is 71.0 cm³/mol. The van der Waals surface area contributed by atoms with Crippen molar-refractivity contribution in [2.45, 2.75) is 12.7 Å². The van der Waals surface area contributed by atoms with Crippen LogP contribution in [0, 0.1) is 0 Å². The molecule has 0 atom stereocenters. The summed E-state index contributed by atoms with van der Waals surface area (Å²) in [5, 5.41) is 0.0984. The maximum absolute atomic E-state index is 12.4. The summed E-state index contributed by atoms with van der Waals surface area (Å²) in [6, 6.07) is 7.52. The number of rotatable bonds is 3. The Morgan fingerprint density at radius 3 is 2.29 bits per heavy atom. The van der Waals surface area contributed by atoms with Gasteiger partial charge in [-0.25, -0.2) is 0 Å². The minimum Gasteiger partial charge on any atom is -0.440 e. The van der Waals surface area contributed by atoms with Crippen molar-refractivity contribution in [1.82, 2.24) is 4.90 Å². The van der Waals surface area contributed by atoms with Crippen molar-refractivity contribution in [2.24, 2.45) is 0 Å². The Kier molecular flexibility index (Phi) is 4.27. The second-order valence-electron chi connectivity index (χ2n) is 4.46. The fourth-order valence-corrected chi connectivity index (χ4v) is 1.91. The van der Waals surface area contributed by atoms with Crippen LogP contribution in [0.25, 0.3) is 0 Å². The van der Waals surface area contributed by atoms with Crippen LogP contribution in [0.5, 0.6) is 0 Å². The molecule has 0 radical (unpaired) electrons. The highest BCUT2D eigenvalue weighted by atomic mass is 35.5. The van der Waals surface area contributed by atoms with Crippen molar-refractivity contribution in [1.29, 1.82) is 0 Å². The zero-order chi connectivity index (χ0) is 15.6. The van der Waals surface area contributed by atoms with E-state index in [-0.39, 0.29) is 17.5 Å². The standard InChI is InChI=1S/C14H11ClF3NO2/c1-19(13(20)11-6-7-12(15)21-11)8-9-2-4-10(5-3-9)14(16,17)18/h2-7H,8H2,1H3. The highest BCUT2D eigenvalue weighted by molar-refractivity contribution is 6.29. The molecule has 1 aromatic heterocycles. The van der Waals surface area contributed by atoms with Crippen LogP contribution in [0.2, 0.25) is 5.22 Å². The van der Waals surface area contributed by atoms with Gasteiger partial charge >= 0.3 is 6.18 Å². The lowest BCUT2D eigenvalue weighted by Crippen LogP contribution is -2.25. The molecule has 0 fully saturated rings. The Labute approximate surface area is 123 Å². The summed E-state index contributed by atoms with van der Waals surface area (Å²) in [5.74, 6) is -0.323. The number of halogens is 4. The summed E-state index contributed by atoms with van der Waals surface area (Å²) >= 11 is 5.59. The van der Waals surface area contributed by atoms with Crippen LogP contribution in [0.4, 0.5) is 13.2 Å². The number of benzene rings is 1. The summed E-state index contributed by atoms with van der Waals surface area (Å²) in [5.41, 5.74) is -0.144. The molecule has 1 aromatic carbocycles. The van der Waals surface area contributed by atoms with Crippen molar-refractivity contribution in [3.05, 3.63) is 58.5 Å². The third kappa shape index (κ3) is 3.78. The second-order valence-corrected chi connectivity index (χ2v) is 4.83. The van der Waals surface area contributed by atoms with Crippen molar-refractivity contribution in [2.75, 3.05) is 7.05 Å². The molecular weight excluding hydrogens is 307 g/mol. The highest BCUT2D eigenvalue weighted by Crippen LogP contribution is 2.29. The number of carbonyl (C=O) groups is 1. The lowest BCUT2D eigenvalue weighted by atomic mass is 10.1. The van der Waals surface area contributed by atoms with Gasteiger partial charge in [0.1, 0.15) is 0 Å². The highest BCUT2D eigenvalue weighted by Gasteiger charge is 2.30. The number of furan rings is 1. The van der Waals surface area contributed by atoms with Gasteiger partial charge in [0.25, 0.3) is 5.91 Å². The molecule has 0 bridgehead atoms. The largest absolute Gasteiger partial charge is 0.440 e. The molecule has 0 spiro atoms. The van der Waals surface area contributed by atoms with E-state index in [0.717, 1.165) is 12.1 Å². The SMILES string of the molecule is CN(Cc1ccc(C(F)(F)F)cc1)C(=O)c1ccc(Cl)o1. The molecule has 0 aliphatic heterocycles. The molecule has 2 aromatic rings. The first-order chi connectivity index (χ1) is 9.77. The normalized spacial score (nSPS) is 11.5. The Morgan fingerprint density at radius 2 is 1.81 bits per heavy atom. The van der Waals surface area contributed by atoms with Crippen LogP contribution in [0.1, 0.15) is 21.7 Å².